The first-order valence-electron chi connectivity index (χ1n) is 4.21. The fraction of sp³-hybridized carbons (Fsp3) is 0.100. The Balaban J connectivity index is 3.14. The van der Waals surface area contributed by atoms with Crippen LogP contribution in [0, 0.1) is 0 Å². The molecule has 1 aromatic rings. The van der Waals surface area contributed by atoms with Crippen molar-refractivity contribution in [1.82, 2.24) is 0 Å². The molecule has 0 aliphatic rings. The highest BCUT2D eigenvalue weighted by molar-refractivity contribution is 6.33. The predicted molar refractivity (Wildman–Crippen MR) is 59.6 cm³/mol. The van der Waals surface area contributed by atoms with Crippen LogP contribution < -0.4 is 16.2 Å². The number of hydrogen-bond acceptors (Lipinski definition) is 4. The third-order valence-corrected chi connectivity index (χ3v) is 2.21. The maximum absolute atomic E-state index is 11.0. The number of anilines is 1. The largest absolute Gasteiger partial charge is 0.420 e. The van der Waals surface area contributed by atoms with E-state index in [1.165, 1.54) is 0 Å². The van der Waals surface area contributed by atoms with Crippen molar-refractivity contribution in [3.05, 3.63) is 35.4 Å². The molecule has 0 spiro atoms. The summed E-state index contributed by atoms with van der Waals surface area (Å²) in [6, 6.07) is 3.27. The van der Waals surface area contributed by atoms with Crippen LogP contribution in [0.3, 0.4) is 0 Å². The van der Waals surface area contributed by atoms with Crippen molar-refractivity contribution in [3.63, 3.8) is 0 Å². The molecule has 1 rings (SSSR count). The van der Waals surface area contributed by atoms with E-state index in [4.69, 9.17) is 27.8 Å². The van der Waals surface area contributed by atoms with Gasteiger partial charge in [0.2, 0.25) is 0 Å². The molecular formula is C10H11ClN2O2. The number of nitrogens with two attached hydrogens (primary N) is 2. The van der Waals surface area contributed by atoms with E-state index in [1.54, 1.807) is 12.1 Å². The van der Waals surface area contributed by atoms with E-state index in [9.17, 15) is 4.79 Å². The predicted octanol–water partition coefficient (Wildman–Crippen LogP) is 1.47. The molecule has 0 saturated heterocycles. The molecule has 0 aliphatic carbocycles. The molecule has 0 aliphatic heterocycles. The first-order valence-corrected chi connectivity index (χ1v) is 4.59. The van der Waals surface area contributed by atoms with Crippen molar-refractivity contribution >= 4 is 23.3 Å². The lowest BCUT2D eigenvalue weighted by atomic mass is 10.2. The lowest BCUT2D eigenvalue weighted by Crippen LogP contribution is -2.08. The topological polar surface area (TPSA) is 78.3 Å². The van der Waals surface area contributed by atoms with Gasteiger partial charge in [0.1, 0.15) is 0 Å². The van der Waals surface area contributed by atoms with Crippen LogP contribution in [0.15, 0.2) is 24.8 Å². The lowest BCUT2D eigenvalue weighted by Gasteiger charge is -2.10. The maximum Gasteiger partial charge on any atom is 0.335 e. The van der Waals surface area contributed by atoms with Crippen molar-refractivity contribution in [2.45, 2.75) is 6.54 Å². The van der Waals surface area contributed by atoms with Crippen molar-refractivity contribution in [2.24, 2.45) is 5.73 Å². The zero-order valence-corrected chi connectivity index (χ0v) is 8.75. The second kappa shape index (κ2) is 4.82. The third-order valence-electron chi connectivity index (χ3n) is 1.80. The lowest BCUT2D eigenvalue weighted by molar-refractivity contribution is -0.128. The highest BCUT2D eigenvalue weighted by Gasteiger charge is 2.12. The van der Waals surface area contributed by atoms with E-state index >= 15 is 0 Å². The van der Waals surface area contributed by atoms with Gasteiger partial charge in [0.15, 0.2) is 5.75 Å². The Labute approximate surface area is 92.5 Å². The van der Waals surface area contributed by atoms with Crippen LogP contribution in [0.2, 0.25) is 5.02 Å². The molecule has 4 N–H and O–H groups in total. The highest BCUT2D eigenvalue weighted by atomic mass is 35.5. The molecule has 1 aromatic carbocycles. The fourth-order valence-electron chi connectivity index (χ4n) is 1.02. The fourth-order valence-corrected chi connectivity index (χ4v) is 1.30. The smallest absolute Gasteiger partial charge is 0.335 e. The normalized spacial score (nSPS) is 9.73. The average molecular weight is 227 g/mol. The summed E-state index contributed by atoms with van der Waals surface area (Å²) in [7, 11) is 0. The summed E-state index contributed by atoms with van der Waals surface area (Å²) < 4.78 is 4.90. The summed E-state index contributed by atoms with van der Waals surface area (Å²) in [6.07, 6.45) is 1.03. The van der Waals surface area contributed by atoms with E-state index in [-0.39, 0.29) is 23.0 Å². The van der Waals surface area contributed by atoms with E-state index < -0.39 is 5.97 Å². The quantitative estimate of drug-likeness (QED) is 0.354. The molecule has 0 amide bonds. The van der Waals surface area contributed by atoms with Gasteiger partial charge in [0.25, 0.3) is 0 Å². The van der Waals surface area contributed by atoms with Crippen LogP contribution in [0.4, 0.5) is 5.69 Å². The first-order chi connectivity index (χ1) is 7.10. The van der Waals surface area contributed by atoms with Gasteiger partial charge in [0, 0.05) is 12.6 Å². The minimum atomic E-state index is -0.613. The molecule has 5 heteroatoms. The summed E-state index contributed by atoms with van der Waals surface area (Å²) in [6.45, 7) is 3.52. The van der Waals surface area contributed by atoms with Gasteiger partial charge in [-0.15, -0.1) is 0 Å². The van der Waals surface area contributed by atoms with Crippen molar-refractivity contribution in [3.8, 4) is 5.75 Å². The molecule has 15 heavy (non-hydrogen) atoms. The van der Waals surface area contributed by atoms with Gasteiger partial charge in [-0.1, -0.05) is 24.2 Å². The van der Waals surface area contributed by atoms with E-state index in [0.717, 1.165) is 6.08 Å². The van der Waals surface area contributed by atoms with Gasteiger partial charge in [-0.3, -0.25) is 0 Å². The standard InChI is InChI=1S/C10H11ClN2O2/c1-2-8(14)15-10-7(13)4-3-6(5-12)9(10)11/h2-4H,1,5,12-13H2. The summed E-state index contributed by atoms with van der Waals surface area (Å²) in [5.41, 5.74) is 12.0. The van der Waals surface area contributed by atoms with Crippen molar-refractivity contribution in [1.29, 1.82) is 0 Å². The Morgan fingerprint density at radius 1 is 1.60 bits per heavy atom. The summed E-state index contributed by atoms with van der Waals surface area (Å²) >= 11 is 5.94. The summed E-state index contributed by atoms with van der Waals surface area (Å²) in [5.74, 6) is -0.484. The van der Waals surface area contributed by atoms with Gasteiger partial charge in [-0.05, 0) is 11.6 Å². The minimum absolute atomic E-state index is 0.129. The molecule has 0 radical (unpaired) electrons. The molecule has 0 atom stereocenters. The van der Waals surface area contributed by atoms with E-state index in [2.05, 4.69) is 6.58 Å². The Hall–Kier alpha value is -1.52. The number of benzene rings is 1. The van der Waals surface area contributed by atoms with Crippen LogP contribution in [-0.4, -0.2) is 5.97 Å². The third kappa shape index (κ3) is 2.49. The maximum atomic E-state index is 11.0. The molecule has 4 nitrogen and oxygen atoms in total. The van der Waals surface area contributed by atoms with Gasteiger partial charge in [0.05, 0.1) is 10.7 Å². The summed E-state index contributed by atoms with van der Waals surface area (Å²) in [5, 5.41) is 0.257. The Kier molecular flexibility index (Phi) is 3.71. The average Bonchev–Trinajstić information content (AvgIpc) is 2.24. The van der Waals surface area contributed by atoms with Crippen LogP contribution >= 0.6 is 11.6 Å². The van der Waals surface area contributed by atoms with Crippen molar-refractivity contribution in [2.75, 3.05) is 5.73 Å². The SMILES string of the molecule is C=CC(=O)Oc1c(N)ccc(CN)c1Cl. The molecule has 0 heterocycles. The van der Waals surface area contributed by atoms with Crippen LogP contribution in [0.25, 0.3) is 0 Å². The number of rotatable bonds is 3. The second-order valence-electron chi connectivity index (χ2n) is 2.79. The second-order valence-corrected chi connectivity index (χ2v) is 3.16. The molecule has 0 unspecified atom stereocenters. The number of halogens is 1. The van der Waals surface area contributed by atoms with E-state index in [0.29, 0.717) is 5.56 Å². The monoisotopic (exact) mass is 226 g/mol. The zero-order valence-electron chi connectivity index (χ0n) is 8.00. The van der Waals surface area contributed by atoms with Crippen LogP contribution in [0.1, 0.15) is 5.56 Å². The first kappa shape index (κ1) is 11.6. The number of hydrogen-bond donors (Lipinski definition) is 2. The molecule has 0 fully saturated rings. The number of carbonyl (C=O) groups excluding carboxylic acids is 1. The molecule has 0 aromatic heterocycles. The Bertz CT molecular complexity index is 405. The summed E-state index contributed by atoms with van der Waals surface area (Å²) in [4.78, 5) is 11.0. The van der Waals surface area contributed by atoms with Crippen LogP contribution in [-0.2, 0) is 11.3 Å². The Morgan fingerprint density at radius 3 is 2.80 bits per heavy atom. The van der Waals surface area contributed by atoms with Gasteiger partial charge >= 0.3 is 5.97 Å². The molecular weight excluding hydrogens is 216 g/mol. The Morgan fingerprint density at radius 2 is 2.27 bits per heavy atom. The van der Waals surface area contributed by atoms with Crippen LogP contribution in [0.5, 0.6) is 5.75 Å². The molecule has 0 bridgehead atoms. The molecule has 0 saturated carbocycles. The number of esters is 1. The van der Waals surface area contributed by atoms with E-state index in [1.807, 2.05) is 0 Å². The number of carbonyl (C=O) groups is 1. The minimum Gasteiger partial charge on any atom is -0.420 e. The molecule has 80 valence electrons. The number of ether oxygens (including phenoxy) is 1. The number of nitrogen functional groups attached to an aromatic ring is 1. The van der Waals surface area contributed by atoms with Gasteiger partial charge in [-0.25, -0.2) is 4.79 Å². The van der Waals surface area contributed by atoms with Gasteiger partial charge < -0.3 is 16.2 Å². The van der Waals surface area contributed by atoms with Gasteiger partial charge in [-0.2, -0.15) is 0 Å². The highest BCUT2D eigenvalue weighted by Crippen LogP contribution is 2.34. The zero-order chi connectivity index (χ0) is 11.4. The van der Waals surface area contributed by atoms with Crippen molar-refractivity contribution < 1.29 is 9.53 Å².